The number of tetrazole rings is 1. The van der Waals surface area contributed by atoms with Gasteiger partial charge < -0.3 is 5.73 Å². The zero-order valence-corrected chi connectivity index (χ0v) is 8.75. The number of anilines is 2. The topological polar surface area (TPSA) is 112 Å². The number of amides is 1. The van der Waals surface area contributed by atoms with E-state index < -0.39 is 11.7 Å². The summed E-state index contributed by atoms with van der Waals surface area (Å²) in [5, 5.41) is 13.1. The number of halogens is 1. The average molecular weight is 237 g/mol. The van der Waals surface area contributed by atoms with Crippen LogP contribution in [0.4, 0.5) is 16.2 Å². The van der Waals surface area contributed by atoms with Crippen LogP contribution in [0.3, 0.4) is 0 Å². The van der Waals surface area contributed by atoms with E-state index in [0.29, 0.717) is 0 Å². The van der Waals surface area contributed by atoms with Gasteiger partial charge in [0.25, 0.3) is 11.9 Å². The molecule has 0 spiro atoms. The number of carbonyl (C=O) groups excluding carboxylic acids is 1. The molecule has 2 aromatic heterocycles. The number of aromatic nitrogens is 5. The Morgan fingerprint density at radius 2 is 2.35 bits per heavy atom. The fraction of sp³-hybridized carbons (Fsp3) is 0.125. The van der Waals surface area contributed by atoms with Gasteiger partial charge >= 0.3 is 0 Å². The summed E-state index contributed by atoms with van der Waals surface area (Å²) in [6.07, 6.45) is 0.923. The highest BCUT2D eigenvalue weighted by molar-refractivity contribution is 6.06. The molecule has 0 unspecified atom stereocenters. The van der Waals surface area contributed by atoms with Crippen molar-refractivity contribution in [2.75, 3.05) is 11.1 Å². The molecule has 0 atom stereocenters. The Morgan fingerprint density at radius 1 is 1.59 bits per heavy atom. The van der Waals surface area contributed by atoms with Crippen LogP contribution in [-0.2, 0) is 7.05 Å². The number of carbonyl (C=O) groups is 1. The summed E-state index contributed by atoms with van der Waals surface area (Å²) in [6, 6.07) is 0.980. The number of nitrogens with one attached hydrogen (secondary N) is 1. The summed E-state index contributed by atoms with van der Waals surface area (Å²) in [7, 11) is 1.54. The maximum absolute atomic E-state index is 12.9. The van der Waals surface area contributed by atoms with Crippen molar-refractivity contribution in [3.05, 3.63) is 23.6 Å². The minimum atomic E-state index is -0.656. The van der Waals surface area contributed by atoms with E-state index in [1.54, 1.807) is 7.05 Å². The van der Waals surface area contributed by atoms with E-state index in [1.165, 1.54) is 4.80 Å². The van der Waals surface area contributed by atoms with Gasteiger partial charge in [-0.25, -0.2) is 9.37 Å². The number of aryl methyl sites for hydroxylation is 1. The first-order valence-electron chi connectivity index (χ1n) is 4.52. The highest BCUT2D eigenvalue weighted by Gasteiger charge is 2.14. The predicted molar refractivity (Wildman–Crippen MR) is 55.4 cm³/mol. The molecule has 88 valence electrons. The first kappa shape index (κ1) is 10.9. The van der Waals surface area contributed by atoms with Gasteiger partial charge in [0.15, 0.2) is 0 Å². The molecular formula is C8H8FN7O. The quantitative estimate of drug-likeness (QED) is 0.733. The number of nitrogens with two attached hydrogens (primary N) is 1. The molecule has 0 saturated carbocycles. The maximum atomic E-state index is 12.9. The summed E-state index contributed by atoms with van der Waals surface area (Å²) < 4.78 is 12.9. The second kappa shape index (κ2) is 4.12. The van der Waals surface area contributed by atoms with Gasteiger partial charge in [0, 0.05) is 0 Å². The van der Waals surface area contributed by atoms with Crippen molar-refractivity contribution in [2.24, 2.45) is 7.05 Å². The minimum Gasteiger partial charge on any atom is -0.383 e. The molecule has 0 aliphatic carbocycles. The zero-order chi connectivity index (χ0) is 12.4. The van der Waals surface area contributed by atoms with Gasteiger partial charge in [-0.1, -0.05) is 5.10 Å². The third-order valence-corrected chi connectivity index (χ3v) is 1.86. The third-order valence-electron chi connectivity index (χ3n) is 1.86. The lowest BCUT2D eigenvalue weighted by Gasteiger charge is -2.03. The maximum Gasteiger partial charge on any atom is 0.270 e. The van der Waals surface area contributed by atoms with Crippen molar-refractivity contribution in [1.82, 2.24) is 25.2 Å². The van der Waals surface area contributed by atoms with Crippen LogP contribution in [0.2, 0.25) is 0 Å². The van der Waals surface area contributed by atoms with Crippen molar-refractivity contribution in [1.29, 1.82) is 0 Å². The minimum absolute atomic E-state index is 0.00108. The molecule has 2 aromatic rings. The Labute approximate surface area is 94.6 Å². The Kier molecular flexibility index (Phi) is 2.65. The van der Waals surface area contributed by atoms with E-state index in [2.05, 4.69) is 25.7 Å². The zero-order valence-electron chi connectivity index (χ0n) is 8.75. The fourth-order valence-electron chi connectivity index (χ4n) is 1.13. The lowest BCUT2D eigenvalue weighted by atomic mass is 10.2. The monoisotopic (exact) mass is 237 g/mol. The normalized spacial score (nSPS) is 10.2. The van der Waals surface area contributed by atoms with Gasteiger partial charge in [0.05, 0.1) is 18.8 Å². The molecule has 0 aromatic carbocycles. The van der Waals surface area contributed by atoms with Crippen molar-refractivity contribution in [3.8, 4) is 0 Å². The Morgan fingerprint density at radius 3 is 3.00 bits per heavy atom. The van der Waals surface area contributed by atoms with Crippen LogP contribution < -0.4 is 11.1 Å². The summed E-state index contributed by atoms with van der Waals surface area (Å²) in [4.78, 5) is 16.4. The molecule has 0 aliphatic heterocycles. The molecule has 0 aliphatic rings. The summed E-state index contributed by atoms with van der Waals surface area (Å²) in [5.41, 5.74) is 5.36. The molecule has 0 saturated heterocycles. The Bertz CT molecular complexity index is 567. The smallest absolute Gasteiger partial charge is 0.270 e. The molecule has 0 radical (unpaired) electrons. The standard InChI is InChI=1S/C8H8FN7O/c1-16-14-8(13-15-16)12-7(17)5-2-4(9)3-11-6(5)10/h2-3H,1H3,(H2,10,11)(H,12,14,17). The molecule has 2 heterocycles. The lowest BCUT2D eigenvalue weighted by molar-refractivity contribution is 0.102. The predicted octanol–water partition coefficient (Wildman–Crippen LogP) is -0.421. The number of pyridine rings is 1. The van der Waals surface area contributed by atoms with Crippen molar-refractivity contribution < 1.29 is 9.18 Å². The number of hydrogen-bond acceptors (Lipinski definition) is 6. The van der Waals surface area contributed by atoms with Crippen molar-refractivity contribution in [3.63, 3.8) is 0 Å². The van der Waals surface area contributed by atoms with Crippen LogP contribution in [0.15, 0.2) is 12.3 Å². The summed E-state index contributed by atoms with van der Waals surface area (Å²) >= 11 is 0. The van der Waals surface area contributed by atoms with Crippen LogP contribution in [0.25, 0.3) is 0 Å². The largest absolute Gasteiger partial charge is 0.383 e. The van der Waals surface area contributed by atoms with Crippen molar-refractivity contribution >= 4 is 17.7 Å². The molecule has 9 heteroatoms. The van der Waals surface area contributed by atoms with Gasteiger partial charge in [0.1, 0.15) is 11.6 Å². The van der Waals surface area contributed by atoms with E-state index in [9.17, 15) is 9.18 Å². The molecular weight excluding hydrogens is 229 g/mol. The highest BCUT2D eigenvalue weighted by Crippen LogP contribution is 2.11. The molecule has 0 bridgehead atoms. The molecule has 0 fully saturated rings. The van der Waals surface area contributed by atoms with Crippen LogP contribution in [0.5, 0.6) is 0 Å². The van der Waals surface area contributed by atoms with E-state index in [1.807, 2.05) is 0 Å². The average Bonchev–Trinajstić information content (AvgIpc) is 2.67. The first-order chi connectivity index (χ1) is 8.06. The van der Waals surface area contributed by atoms with Crippen LogP contribution >= 0.6 is 0 Å². The van der Waals surface area contributed by atoms with Crippen molar-refractivity contribution in [2.45, 2.75) is 0 Å². The summed E-state index contributed by atoms with van der Waals surface area (Å²) in [6.45, 7) is 0. The Balaban J connectivity index is 2.22. The second-order valence-corrected chi connectivity index (χ2v) is 3.14. The van der Waals surface area contributed by atoms with E-state index in [-0.39, 0.29) is 17.3 Å². The van der Waals surface area contributed by atoms with Crippen LogP contribution in [0, 0.1) is 5.82 Å². The van der Waals surface area contributed by atoms with E-state index in [4.69, 9.17) is 5.73 Å². The second-order valence-electron chi connectivity index (χ2n) is 3.14. The first-order valence-corrected chi connectivity index (χ1v) is 4.52. The SMILES string of the molecule is Cn1nnc(NC(=O)c2cc(F)cnc2N)n1. The molecule has 17 heavy (non-hydrogen) atoms. The van der Waals surface area contributed by atoms with Gasteiger partial charge in [0.2, 0.25) is 0 Å². The van der Waals surface area contributed by atoms with E-state index in [0.717, 1.165) is 12.3 Å². The summed E-state index contributed by atoms with van der Waals surface area (Å²) in [5.74, 6) is -1.38. The van der Waals surface area contributed by atoms with Gasteiger partial charge in [-0.15, -0.1) is 5.10 Å². The Hall–Kier alpha value is -2.58. The van der Waals surface area contributed by atoms with Gasteiger partial charge in [-0.05, 0) is 11.3 Å². The number of nitrogens with zero attached hydrogens (tertiary/aromatic N) is 5. The number of rotatable bonds is 2. The van der Waals surface area contributed by atoms with Crippen LogP contribution in [0.1, 0.15) is 10.4 Å². The third kappa shape index (κ3) is 2.33. The van der Waals surface area contributed by atoms with Crippen LogP contribution in [-0.4, -0.2) is 31.1 Å². The van der Waals surface area contributed by atoms with Gasteiger partial charge in [-0.2, -0.15) is 4.80 Å². The lowest BCUT2D eigenvalue weighted by Crippen LogP contribution is -2.16. The fourth-order valence-corrected chi connectivity index (χ4v) is 1.13. The number of hydrogen-bond donors (Lipinski definition) is 2. The molecule has 3 N–H and O–H groups in total. The van der Waals surface area contributed by atoms with E-state index >= 15 is 0 Å². The molecule has 2 rings (SSSR count). The highest BCUT2D eigenvalue weighted by atomic mass is 19.1. The number of nitrogen functional groups attached to an aromatic ring is 1. The van der Waals surface area contributed by atoms with Gasteiger partial charge in [-0.3, -0.25) is 10.1 Å². The molecule has 1 amide bonds. The molecule has 8 nitrogen and oxygen atoms in total.